The van der Waals surface area contributed by atoms with Crippen molar-refractivity contribution >= 4 is 14.5 Å². The Morgan fingerprint density at radius 1 is 0.696 bits per heavy atom. The molecule has 23 heavy (non-hydrogen) atoms. The van der Waals surface area contributed by atoms with Crippen molar-refractivity contribution in [3.8, 4) is 31.5 Å². The minimum absolute atomic E-state index is 0.0473. The van der Waals surface area contributed by atoms with Crippen LogP contribution in [0.25, 0.3) is 20.0 Å². The Labute approximate surface area is 139 Å². The fourth-order valence-electron chi connectivity index (χ4n) is 2.27. The van der Waals surface area contributed by atoms with Crippen LogP contribution in [0, 0.1) is 11.6 Å². The molecule has 2 aromatic carbocycles. The Balaban J connectivity index is 1.97. The molecular weight excluding hydrogens is 365 g/mol. The number of ether oxygens (including phenoxy) is 2. The van der Waals surface area contributed by atoms with Crippen molar-refractivity contribution in [2.24, 2.45) is 0 Å². The van der Waals surface area contributed by atoms with Gasteiger partial charge in [0.2, 0.25) is 0 Å². The van der Waals surface area contributed by atoms with E-state index in [1.807, 2.05) is 12.1 Å². The van der Waals surface area contributed by atoms with E-state index < -0.39 is 0 Å². The molecular formula is C18H14F2O2Se. The molecule has 0 aliphatic heterocycles. The molecule has 0 saturated heterocycles. The van der Waals surface area contributed by atoms with Gasteiger partial charge in [0, 0.05) is 0 Å². The summed E-state index contributed by atoms with van der Waals surface area (Å²) < 4.78 is 39.3. The summed E-state index contributed by atoms with van der Waals surface area (Å²) in [4.78, 5) is 0. The maximum absolute atomic E-state index is 13.5. The summed E-state index contributed by atoms with van der Waals surface area (Å²) >= 11 is 0.0473. The molecule has 3 aromatic rings. The van der Waals surface area contributed by atoms with Crippen molar-refractivity contribution < 1.29 is 18.3 Å². The van der Waals surface area contributed by atoms with Crippen LogP contribution in [0.2, 0.25) is 0 Å². The van der Waals surface area contributed by atoms with Crippen LogP contribution in [0.3, 0.4) is 0 Å². The molecule has 0 aliphatic rings. The molecule has 1 aromatic heterocycles. The van der Waals surface area contributed by atoms with E-state index >= 15 is 0 Å². The monoisotopic (exact) mass is 380 g/mol. The molecule has 0 radical (unpaired) electrons. The predicted molar refractivity (Wildman–Crippen MR) is 87.3 cm³/mol. The fourth-order valence-corrected chi connectivity index (χ4v) is 4.37. The third kappa shape index (κ3) is 3.16. The second-order valence-electron chi connectivity index (χ2n) is 4.86. The van der Waals surface area contributed by atoms with Crippen LogP contribution in [0.4, 0.5) is 8.78 Å². The van der Waals surface area contributed by atoms with Crippen LogP contribution in [0.15, 0.2) is 48.5 Å². The summed E-state index contributed by atoms with van der Waals surface area (Å²) in [5.41, 5.74) is 1.87. The van der Waals surface area contributed by atoms with Gasteiger partial charge < -0.3 is 0 Å². The van der Waals surface area contributed by atoms with Gasteiger partial charge in [-0.05, 0) is 0 Å². The fraction of sp³-hybridized carbons (Fsp3) is 0.111. The van der Waals surface area contributed by atoms with E-state index in [2.05, 4.69) is 0 Å². The van der Waals surface area contributed by atoms with Gasteiger partial charge in [0.15, 0.2) is 0 Å². The third-order valence-electron chi connectivity index (χ3n) is 3.48. The van der Waals surface area contributed by atoms with Crippen molar-refractivity contribution in [1.82, 2.24) is 0 Å². The zero-order chi connectivity index (χ0) is 16.4. The number of hydrogen-bond acceptors (Lipinski definition) is 2. The van der Waals surface area contributed by atoms with E-state index in [1.54, 1.807) is 24.3 Å². The molecule has 118 valence electrons. The summed E-state index contributed by atoms with van der Waals surface area (Å²) in [7, 11) is 2.90. The van der Waals surface area contributed by atoms with E-state index in [4.69, 9.17) is 9.47 Å². The molecule has 0 spiro atoms. The van der Waals surface area contributed by atoms with Gasteiger partial charge in [-0.25, -0.2) is 0 Å². The molecule has 0 N–H and O–H groups in total. The molecule has 0 bridgehead atoms. The first-order valence-corrected chi connectivity index (χ1v) is 8.61. The van der Waals surface area contributed by atoms with Crippen molar-refractivity contribution in [3.05, 3.63) is 60.2 Å². The number of methoxy groups -OCH3 is 2. The van der Waals surface area contributed by atoms with Gasteiger partial charge in [0.25, 0.3) is 0 Å². The van der Waals surface area contributed by atoms with Gasteiger partial charge in [-0.15, -0.1) is 0 Å². The number of hydrogen-bond donors (Lipinski definition) is 0. The van der Waals surface area contributed by atoms with Crippen LogP contribution in [-0.4, -0.2) is 28.7 Å². The first-order valence-electron chi connectivity index (χ1n) is 6.90. The Bertz CT molecular complexity index is 775. The van der Waals surface area contributed by atoms with Crippen molar-refractivity contribution in [2.75, 3.05) is 14.2 Å². The summed E-state index contributed by atoms with van der Waals surface area (Å²) in [5, 5.41) is 0. The van der Waals surface area contributed by atoms with Gasteiger partial charge in [0.05, 0.1) is 0 Å². The van der Waals surface area contributed by atoms with Gasteiger partial charge in [-0.1, -0.05) is 0 Å². The molecule has 0 aliphatic carbocycles. The average molecular weight is 379 g/mol. The van der Waals surface area contributed by atoms with E-state index in [0.29, 0.717) is 0 Å². The molecule has 3 rings (SSSR count). The molecule has 0 unspecified atom stereocenters. The molecule has 0 saturated carbocycles. The van der Waals surface area contributed by atoms with Crippen LogP contribution in [0.5, 0.6) is 11.5 Å². The van der Waals surface area contributed by atoms with Crippen molar-refractivity contribution in [3.63, 3.8) is 0 Å². The second kappa shape index (κ2) is 6.57. The summed E-state index contributed by atoms with van der Waals surface area (Å²) in [6, 6.07) is 13.7. The third-order valence-corrected chi connectivity index (χ3v) is 5.96. The summed E-state index contributed by atoms with van der Waals surface area (Å²) in [6.45, 7) is 0. The number of benzene rings is 2. The zero-order valence-corrected chi connectivity index (χ0v) is 14.3. The second-order valence-corrected chi connectivity index (χ2v) is 7.14. The van der Waals surface area contributed by atoms with E-state index in [9.17, 15) is 8.78 Å². The SMILES string of the molecule is COc1cc(-c2ccc(-c3ccc(F)c(OC)c3)[se]2)ccc1F. The Hall–Kier alpha value is -2.10. The molecule has 5 heteroatoms. The Kier molecular flexibility index (Phi) is 4.51. The average Bonchev–Trinajstić information content (AvgIpc) is 3.05. The Morgan fingerprint density at radius 3 is 1.52 bits per heavy atom. The van der Waals surface area contributed by atoms with Crippen LogP contribution < -0.4 is 9.47 Å². The van der Waals surface area contributed by atoms with Gasteiger partial charge in [-0.3, -0.25) is 0 Å². The van der Waals surface area contributed by atoms with Crippen LogP contribution >= 0.6 is 0 Å². The molecule has 1 heterocycles. The van der Waals surface area contributed by atoms with Gasteiger partial charge in [0.1, 0.15) is 0 Å². The maximum atomic E-state index is 13.5. The van der Waals surface area contributed by atoms with E-state index in [1.165, 1.54) is 26.4 Å². The quantitative estimate of drug-likeness (QED) is 0.627. The number of rotatable bonds is 4. The predicted octanol–water partition coefficient (Wildman–Crippen LogP) is 4.37. The standard InChI is InChI=1S/C18H14F2O2Se/c1-21-15-9-11(3-5-13(15)19)17-7-8-18(23-17)12-4-6-14(20)16(10-12)22-2/h3-10H,1-2H3. The molecule has 0 amide bonds. The Morgan fingerprint density at radius 2 is 1.13 bits per heavy atom. The topological polar surface area (TPSA) is 18.5 Å². The number of halogens is 2. The summed E-state index contributed by atoms with van der Waals surface area (Å²) in [5.74, 6) is -0.287. The van der Waals surface area contributed by atoms with Crippen molar-refractivity contribution in [1.29, 1.82) is 0 Å². The van der Waals surface area contributed by atoms with Gasteiger partial charge in [-0.2, -0.15) is 0 Å². The normalized spacial score (nSPS) is 10.6. The summed E-state index contributed by atoms with van der Waals surface area (Å²) in [6.07, 6.45) is 0. The molecule has 0 atom stereocenters. The van der Waals surface area contributed by atoms with Crippen LogP contribution in [-0.2, 0) is 0 Å². The van der Waals surface area contributed by atoms with Crippen LogP contribution in [0.1, 0.15) is 0 Å². The van der Waals surface area contributed by atoms with Gasteiger partial charge >= 0.3 is 139 Å². The first-order chi connectivity index (χ1) is 11.1. The van der Waals surface area contributed by atoms with E-state index in [-0.39, 0.29) is 37.6 Å². The van der Waals surface area contributed by atoms with Crippen molar-refractivity contribution in [2.45, 2.75) is 0 Å². The minimum atomic E-state index is -0.376. The molecule has 2 nitrogen and oxygen atoms in total. The van der Waals surface area contributed by atoms with E-state index in [0.717, 1.165) is 20.0 Å². The molecule has 0 fully saturated rings. The first kappa shape index (κ1) is 15.8. The zero-order valence-electron chi connectivity index (χ0n) is 12.6.